The third-order valence-electron chi connectivity index (χ3n) is 5.28. The standard InChI is InChI=1S/C15H19BrN2O3/c1-20-13(19)15-5-14(6-15,7-15)8-17-4-10-11(9-2-3-9)21-18-12(10)16/h9,17H,2-8H2,1H3. The number of carbonyl (C=O) groups excluding carboxylic acids is 1. The molecule has 5 nitrogen and oxygen atoms in total. The van der Waals surface area contributed by atoms with Crippen molar-refractivity contribution in [2.45, 2.75) is 44.6 Å². The SMILES string of the molecule is COC(=O)C12CC(CNCc3c(Br)noc3C3CC3)(C1)C2. The molecule has 0 aromatic carbocycles. The number of carbonyl (C=O) groups is 1. The van der Waals surface area contributed by atoms with E-state index >= 15 is 0 Å². The maximum atomic E-state index is 11.7. The van der Waals surface area contributed by atoms with Crippen molar-refractivity contribution in [1.82, 2.24) is 10.5 Å². The number of nitrogens with zero attached hydrogens (tertiary/aromatic N) is 1. The van der Waals surface area contributed by atoms with Gasteiger partial charge in [0.1, 0.15) is 5.76 Å². The van der Waals surface area contributed by atoms with Crippen molar-refractivity contribution in [1.29, 1.82) is 0 Å². The van der Waals surface area contributed by atoms with Crippen LogP contribution in [-0.4, -0.2) is 24.8 Å². The van der Waals surface area contributed by atoms with Crippen molar-refractivity contribution < 1.29 is 14.1 Å². The van der Waals surface area contributed by atoms with Gasteiger partial charge in [0.25, 0.3) is 0 Å². The molecule has 114 valence electrons. The molecule has 1 aromatic heterocycles. The van der Waals surface area contributed by atoms with Crippen LogP contribution >= 0.6 is 15.9 Å². The minimum atomic E-state index is -0.145. The molecule has 0 atom stereocenters. The van der Waals surface area contributed by atoms with E-state index < -0.39 is 0 Å². The van der Waals surface area contributed by atoms with Crippen LogP contribution in [0.5, 0.6) is 0 Å². The quantitative estimate of drug-likeness (QED) is 0.795. The van der Waals surface area contributed by atoms with Crippen LogP contribution in [0.15, 0.2) is 9.13 Å². The average molecular weight is 355 g/mol. The summed E-state index contributed by atoms with van der Waals surface area (Å²) in [6.45, 7) is 1.73. The predicted octanol–water partition coefficient (Wildman–Crippen LogP) is 2.75. The summed E-state index contributed by atoms with van der Waals surface area (Å²) < 4.78 is 11.1. The number of nitrogens with one attached hydrogen (secondary N) is 1. The van der Waals surface area contributed by atoms with E-state index in [1.54, 1.807) is 0 Å². The normalized spacial score (nSPS) is 33.2. The lowest BCUT2D eigenvalue weighted by Gasteiger charge is -2.68. The summed E-state index contributed by atoms with van der Waals surface area (Å²) in [5.41, 5.74) is 1.33. The van der Waals surface area contributed by atoms with Crippen LogP contribution < -0.4 is 5.32 Å². The van der Waals surface area contributed by atoms with Crippen molar-refractivity contribution >= 4 is 21.9 Å². The molecule has 0 unspecified atom stereocenters. The fraction of sp³-hybridized carbons (Fsp3) is 0.733. The molecular formula is C15H19BrN2O3. The van der Waals surface area contributed by atoms with Crippen LogP contribution in [0.25, 0.3) is 0 Å². The zero-order chi connectivity index (χ0) is 14.7. The van der Waals surface area contributed by atoms with Gasteiger partial charge >= 0.3 is 5.97 Å². The van der Waals surface area contributed by atoms with Crippen molar-refractivity contribution in [2.24, 2.45) is 10.8 Å². The summed E-state index contributed by atoms with van der Waals surface area (Å²) in [5.74, 6) is 1.58. The van der Waals surface area contributed by atoms with E-state index in [2.05, 4.69) is 26.4 Å². The first-order valence-electron chi connectivity index (χ1n) is 7.51. The molecule has 1 N–H and O–H groups in total. The van der Waals surface area contributed by atoms with Crippen LogP contribution in [0.2, 0.25) is 0 Å². The second-order valence-electron chi connectivity index (χ2n) is 7.00. The number of aromatic nitrogens is 1. The van der Waals surface area contributed by atoms with Gasteiger partial charge < -0.3 is 14.6 Å². The Balaban J connectivity index is 1.30. The van der Waals surface area contributed by atoms with Crippen molar-refractivity contribution in [3.8, 4) is 0 Å². The molecule has 0 spiro atoms. The van der Waals surface area contributed by atoms with Gasteiger partial charge in [-0.15, -0.1) is 0 Å². The summed E-state index contributed by atoms with van der Waals surface area (Å²) in [6.07, 6.45) is 5.33. The van der Waals surface area contributed by atoms with Crippen LogP contribution in [0.4, 0.5) is 0 Å². The number of ether oxygens (including phenoxy) is 1. The first kappa shape index (κ1) is 13.8. The molecule has 1 aromatic rings. The zero-order valence-electron chi connectivity index (χ0n) is 12.1. The molecule has 4 fully saturated rings. The Labute approximate surface area is 131 Å². The van der Waals surface area contributed by atoms with Crippen LogP contribution in [0, 0.1) is 10.8 Å². The Bertz CT molecular complexity index is 574. The molecule has 4 aliphatic rings. The summed E-state index contributed by atoms with van der Waals surface area (Å²) in [5, 5.41) is 7.55. The Kier molecular flexibility index (Phi) is 2.99. The van der Waals surface area contributed by atoms with Gasteiger partial charge in [0, 0.05) is 24.6 Å². The lowest BCUT2D eigenvalue weighted by Crippen LogP contribution is -2.68. The summed E-state index contributed by atoms with van der Waals surface area (Å²) in [7, 11) is 1.48. The molecule has 4 saturated carbocycles. The number of hydrogen-bond acceptors (Lipinski definition) is 5. The second-order valence-corrected chi connectivity index (χ2v) is 7.75. The number of methoxy groups -OCH3 is 1. The minimum absolute atomic E-state index is 0.0258. The number of hydrogen-bond donors (Lipinski definition) is 1. The van der Waals surface area contributed by atoms with Gasteiger partial charge in [-0.1, -0.05) is 5.16 Å². The van der Waals surface area contributed by atoms with Gasteiger partial charge in [-0.05, 0) is 53.4 Å². The van der Waals surface area contributed by atoms with Gasteiger partial charge in [0.15, 0.2) is 4.60 Å². The topological polar surface area (TPSA) is 64.4 Å². The molecule has 21 heavy (non-hydrogen) atoms. The first-order valence-corrected chi connectivity index (χ1v) is 8.30. The largest absolute Gasteiger partial charge is 0.469 e. The summed E-state index contributed by atoms with van der Waals surface area (Å²) in [4.78, 5) is 11.7. The molecule has 2 bridgehead atoms. The fourth-order valence-corrected chi connectivity index (χ4v) is 4.61. The van der Waals surface area contributed by atoms with Crippen LogP contribution in [0.3, 0.4) is 0 Å². The van der Waals surface area contributed by atoms with E-state index in [9.17, 15) is 4.79 Å². The molecule has 4 aliphatic carbocycles. The molecule has 0 amide bonds. The molecule has 5 rings (SSSR count). The number of rotatable bonds is 6. The third kappa shape index (κ3) is 2.06. The molecule has 0 saturated heterocycles. The molecule has 0 radical (unpaired) electrons. The lowest BCUT2D eigenvalue weighted by atomic mass is 9.35. The average Bonchev–Trinajstić information content (AvgIpc) is 3.16. The van der Waals surface area contributed by atoms with E-state index in [-0.39, 0.29) is 11.4 Å². The van der Waals surface area contributed by atoms with Crippen molar-refractivity contribution in [3.05, 3.63) is 15.9 Å². The van der Waals surface area contributed by atoms with E-state index in [0.717, 1.165) is 48.3 Å². The number of halogens is 1. The lowest BCUT2D eigenvalue weighted by molar-refractivity contribution is -0.223. The van der Waals surface area contributed by atoms with Crippen LogP contribution in [-0.2, 0) is 16.1 Å². The second kappa shape index (κ2) is 4.56. The Hall–Kier alpha value is -0.880. The van der Waals surface area contributed by atoms with Gasteiger partial charge in [-0.3, -0.25) is 4.79 Å². The first-order chi connectivity index (χ1) is 10.1. The van der Waals surface area contributed by atoms with E-state index in [0.29, 0.717) is 11.3 Å². The molecule has 6 heteroatoms. The maximum Gasteiger partial charge on any atom is 0.311 e. The van der Waals surface area contributed by atoms with Gasteiger partial charge in [0.2, 0.25) is 0 Å². The van der Waals surface area contributed by atoms with Crippen molar-refractivity contribution in [3.63, 3.8) is 0 Å². The summed E-state index contributed by atoms with van der Waals surface area (Å²) in [6, 6.07) is 0. The molecular weight excluding hydrogens is 336 g/mol. The highest BCUT2D eigenvalue weighted by atomic mass is 79.9. The fourth-order valence-electron chi connectivity index (χ4n) is 4.20. The van der Waals surface area contributed by atoms with Gasteiger partial charge in [-0.2, -0.15) is 0 Å². The highest BCUT2D eigenvalue weighted by molar-refractivity contribution is 9.10. The number of esters is 1. The maximum absolute atomic E-state index is 11.7. The Morgan fingerprint density at radius 2 is 2.19 bits per heavy atom. The third-order valence-corrected chi connectivity index (χ3v) is 5.90. The molecule has 1 heterocycles. The highest BCUT2D eigenvalue weighted by Gasteiger charge is 2.71. The van der Waals surface area contributed by atoms with Crippen LogP contribution in [0.1, 0.15) is 49.3 Å². The summed E-state index contributed by atoms with van der Waals surface area (Å²) >= 11 is 3.47. The predicted molar refractivity (Wildman–Crippen MR) is 78.6 cm³/mol. The van der Waals surface area contributed by atoms with Gasteiger partial charge in [-0.25, -0.2) is 0 Å². The van der Waals surface area contributed by atoms with E-state index in [1.165, 1.54) is 20.0 Å². The van der Waals surface area contributed by atoms with E-state index in [1.807, 2.05) is 0 Å². The highest BCUT2D eigenvalue weighted by Crippen LogP contribution is 2.73. The smallest absolute Gasteiger partial charge is 0.311 e. The van der Waals surface area contributed by atoms with Gasteiger partial charge in [0.05, 0.1) is 12.5 Å². The van der Waals surface area contributed by atoms with E-state index in [4.69, 9.17) is 9.26 Å². The van der Waals surface area contributed by atoms with Crippen molar-refractivity contribution in [2.75, 3.05) is 13.7 Å². The molecule has 0 aliphatic heterocycles. The Morgan fingerprint density at radius 3 is 2.81 bits per heavy atom. The zero-order valence-corrected chi connectivity index (χ0v) is 13.7. The Morgan fingerprint density at radius 1 is 1.48 bits per heavy atom. The minimum Gasteiger partial charge on any atom is -0.469 e. The monoisotopic (exact) mass is 354 g/mol.